The number of nitrogens with one attached hydrogen (secondary N) is 2. The van der Waals surface area contributed by atoms with E-state index in [0.717, 1.165) is 12.8 Å². The fourth-order valence-electron chi connectivity index (χ4n) is 1.95. The van der Waals surface area contributed by atoms with Crippen molar-refractivity contribution in [1.82, 2.24) is 10.9 Å². The number of carbonyl (C=O) groups excluding carboxylic acids is 2. The topological polar surface area (TPSA) is 67.4 Å². The van der Waals surface area contributed by atoms with Gasteiger partial charge in [0.1, 0.15) is 6.10 Å². The number of hydrogen-bond donors (Lipinski definition) is 2. The summed E-state index contributed by atoms with van der Waals surface area (Å²) in [5, 5.41) is 0. The largest absolute Gasteiger partial charge is 0.368 e. The molecule has 1 atom stereocenters. The molecule has 0 aliphatic carbocycles. The van der Waals surface area contributed by atoms with E-state index in [0.29, 0.717) is 18.6 Å². The van der Waals surface area contributed by atoms with Crippen LogP contribution >= 0.6 is 0 Å². The summed E-state index contributed by atoms with van der Waals surface area (Å²) in [6.45, 7) is 2.65. The maximum atomic E-state index is 11.8. The lowest BCUT2D eigenvalue weighted by Crippen LogP contribution is -2.46. The van der Waals surface area contributed by atoms with Crippen LogP contribution in [-0.4, -0.2) is 24.5 Å². The maximum absolute atomic E-state index is 11.8. The summed E-state index contributed by atoms with van der Waals surface area (Å²) >= 11 is 0. The number of aryl methyl sites for hydroxylation is 1. The van der Waals surface area contributed by atoms with Gasteiger partial charge in [0, 0.05) is 12.2 Å². The second-order valence-electron chi connectivity index (χ2n) is 4.50. The average Bonchev–Trinajstić information content (AvgIpc) is 2.98. The number of hydrogen-bond acceptors (Lipinski definition) is 3. The summed E-state index contributed by atoms with van der Waals surface area (Å²) in [4.78, 5) is 23.4. The molecule has 1 aromatic rings. The van der Waals surface area contributed by atoms with Crippen molar-refractivity contribution in [3.63, 3.8) is 0 Å². The fourth-order valence-corrected chi connectivity index (χ4v) is 1.95. The van der Waals surface area contributed by atoms with E-state index in [9.17, 15) is 9.59 Å². The van der Waals surface area contributed by atoms with Gasteiger partial charge in [-0.25, -0.2) is 0 Å². The molecule has 1 aliphatic heterocycles. The quantitative estimate of drug-likeness (QED) is 0.804. The molecule has 0 radical (unpaired) electrons. The SMILES string of the molecule is CCc1ccc(C(=O)NNC(=O)C2CCCO2)cc1. The first kappa shape index (κ1) is 13.5. The van der Waals surface area contributed by atoms with Crippen LogP contribution in [0.2, 0.25) is 0 Å². The molecule has 0 spiro atoms. The smallest absolute Gasteiger partial charge is 0.269 e. The predicted molar refractivity (Wildman–Crippen MR) is 70.4 cm³/mol. The van der Waals surface area contributed by atoms with E-state index in [1.807, 2.05) is 12.1 Å². The highest BCUT2D eigenvalue weighted by molar-refractivity contribution is 5.95. The first-order valence-corrected chi connectivity index (χ1v) is 6.51. The zero-order valence-corrected chi connectivity index (χ0v) is 10.9. The van der Waals surface area contributed by atoms with E-state index in [1.54, 1.807) is 12.1 Å². The molecule has 19 heavy (non-hydrogen) atoms. The molecule has 2 rings (SSSR count). The van der Waals surface area contributed by atoms with Crippen LogP contribution in [0.3, 0.4) is 0 Å². The van der Waals surface area contributed by atoms with Crippen LogP contribution in [0.1, 0.15) is 35.7 Å². The second kappa shape index (κ2) is 6.33. The van der Waals surface area contributed by atoms with E-state index in [4.69, 9.17) is 4.74 Å². The third kappa shape index (κ3) is 3.54. The number of hydrazine groups is 1. The first-order valence-electron chi connectivity index (χ1n) is 6.51. The molecule has 0 bridgehead atoms. The van der Waals surface area contributed by atoms with Crippen LogP contribution < -0.4 is 10.9 Å². The summed E-state index contributed by atoms with van der Waals surface area (Å²) in [7, 11) is 0. The van der Waals surface area contributed by atoms with Crippen LogP contribution in [0.5, 0.6) is 0 Å². The molecule has 2 N–H and O–H groups in total. The van der Waals surface area contributed by atoms with E-state index >= 15 is 0 Å². The zero-order valence-electron chi connectivity index (χ0n) is 10.9. The number of amides is 2. The fraction of sp³-hybridized carbons (Fsp3) is 0.429. The minimum Gasteiger partial charge on any atom is -0.368 e. The molecule has 5 heteroatoms. The van der Waals surface area contributed by atoms with Gasteiger partial charge in [0.15, 0.2) is 0 Å². The van der Waals surface area contributed by atoms with Crippen LogP contribution in [0.15, 0.2) is 24.3 Å². The molecular formula is C14H18N2O3. The van der Waals surface area contributed by atoms with Crippen LogP contribution in [-0.2, 0) is 16.0 Å². The molecule has 1 fully saturated rings. The van der Waals surface area contributed by atoms with Gasteiger partial charge in [0.25, 0.3) is 11.8 Å². The Morgan fingerprint density at radius 3 is 2.58 bits per heavy atom. The van der Waals surface area contributed by atoms with E-state index < -0.39 is 6.10 Å². The Hall–Kier alpha value is -1.88. The molecular weight excluding hydrogens is 244 g/mol. The summed E-state index contributed by atoms with van der Waals surface area (Å²) in [6.07, 6.45) is 2.07. The Balaban J connectivity index is 1.84. The van der Waals surface area contributed by atoms with Crippen molar-refractivity contribution in [2.75, 3.05) is 6.61 Å². The van der Waals surface area contributed by atoms with Gasteiger partial charge in [0.05, 0.1) is 0 Å². The van der Waals surface area contributed by atoms with E-state index in [-0.39, 0.29) is 11.8 Å². The van der Waals surface area contributed by atoms with Crippen molar-refractivity contribution in [2.24, 2.45) is 0 Å². The van der Waals surface area contributed by atoms with Crippen molar-refractivity contribution < 1.29 is 14.3 Å². The summed E-state index contributed by atoms with van der Waals surface area (Å²) in [6, 6.07) is 7.28. The number of benzene rings is 1. The van der Waals surface area contributed by atoms with Gasteiger partial charge in [-0.1, -0.05) is 19.1 Å². The minimum atomic E-state index is -0.442. The van der Waals surface area contributed by atoms with E-state index in [1.165, 1.54) is 5.56 Å². The summed E-state index contributed by atoms with van der Waals surface area (Å²) in [5.74, 6) is -0.620. The average molecular weight is 262 g/mol. The molecule has 5 nitrogen and oxygen atoms in total. The highest BCUT2D eigenvalue weighted by Gasteiger charge is 2.23. The molecule has 102 valence electrons. The number of ether oxygens (including phenoxy) is 1. The maximum Gasteiger partial charge on any atom is 0.269 e. The molecule has 0 saturated carbocycles. The Labute approximate surface area is 112 Å². The lowest BCUT2D eigenvalue weighted by atomic mass is 10.1. The highest BCUT2D eigenvalue weighted by atomic mass is 16.5. The summed E-state index contributed by atoms with van der Waals surface area (Å²) < 4.78 is 5.22. The standard InChI is InChI=1S/C14H18N2O3/c1-2-10-5-7-11(8-6-10)13(17)15-16-14(18)12-4-3-9-19-12/h5-8,12H,2-4,9H2,1H3,(H,15,17)(H,16,18). The monoisotopic (exact) mass is 262 g/mol. The molecule has 2 amide bonds. The predicted octanol–water partition coefficient (Wildman–Crippen LogP) is 1.19. The molecule has 1 unspecified atom stereocenters. The van der Waals surface area contributed by atoms with Gasteiger partial charge < -0.3 is 4.74 Å². The van der Waals surface area contributed by atoms with Crippen LogP contribution in [0.4, 0.5) is 0 Å². The lowest BCUT2D eigenvalue weighted by molar-refractivity contribution is -0.130. The normalized spacial score (nSPS) is 18.1. The van der Waals surface area contributed by atoms with Gasteiger partial charge in [-0.05, 0) is 37.0 Å². The Morgan fingerprint density at radius 2 is 2.00 bits per heavy atom. The lowest BCUT2D eigenvalue weighted by Gasteiger charge is -2.11. The Morgan fingerprint density at radius 1 is 1.26 bits per heavy atom. The summed E-state index contributed by atoms with van der Waals surface area (Å²) in [5.41, 5.74) is 6.47. The third-order valence-corrected chi connectivity index (χ3v) is 3.15. The second-order valence-corrected chi connectivity index (χ2v) is 4.50. The minimum absolute atomic E-state index is 0.295. The highest BCUT2D eigenvalue weighted by Crippen LogP contribution is 2.11. The Bertz CT molecular complexity index is 450. The Kier molecular flexibility index (Phi) is 4.52. The number of rotatable bonds is 3. The van der Waals surface area contributed by atoms with Gasteiger partial charge in [-0.3, -0.25) is 20.4 Å². The van der Waals surface area contributed by atoms with Crippen LogP contribution in [0.25, 0.3) is 0 Å². The van der Waals surface area contributed by atoms with Gasteiger partial charge in [0.2, 0.25) is 0 Å². The molecule has 0 aromatic heterocycles. The molecule has 1 aromatic carbocycles. The van der Waals surface area contributed by atoms with Crippen molar-refractivity contribution in [3.05, 3.63) is 35.4 Å². The van der Waals surface area contributed by atoms with Crippen molar-refractivity contribution in [1.29, 1.82) is 0 Å². The molecule has 1 aliphatic rings. The third-order valence-electron chi connectivity index (χ3n) is 3.15. The number of carbonyl (C=O) groups is 2. The van der Waals surface area contributed by atoms with Crippen molar-refractivity contribution >= 4 is 11.8 Å². The van der Waals surface area contributed by atoms with Crippen molar-refractivity contribution in [2.45, 2.75) is 32.3 Å². The zero-order chi connectivity index (χ0) is 13.7. The first-order chi connectivity index (χ1) is 9.20. The molecule has 1 saturated heterocycles. The van der Waals surface area contributed by atoms with Gasteiger partial charge in [-0.15, -0.1) is 0 Å². The van der Waals surface area contributed by atoms with Crippen LogP contribution in [0, 0.1) is 0 Å². The molecule has 1 heterocycles. The van der Waals surface area contributed by atoms with Gasteiger partial charge >= 0.3 is 0 Å². The van der Waals surface area contributed by atoms with E-state index in [2.05, 4.69) is 17.8 Å². The van der Waals surface area contributed by atoms with Gasteiger partial charge in [-0.2, -0.15) is 0 Å². The van der Waals surface area contributed by atoms with Crippen molar-refractivity contribution in [3.8, 4) is 0 Å².